The first-order valence-corrected chi connectivity index (χ1v) is 6.54. The molecule has 1 rings (SSSR count). The fourth-order valence-corrected chi connectivity index (χ4v) is 1.69. The van der Waals surface area contributed by atoms with Crippen molar-refractivity contribution in [3.63, 3.8) is 0 Å². The van der Waals surface area contributed by atoms with E-state index in [4.69, 9.17) is 4.74 Å². The highest BCUT2D eigenvalue weighted by Crippen LogP contribution is 2.15. The molecule has 102 valence electrons. The number of nitrogens with one attached hydrogen (secondary N) is 1. The standard InChI is InChI=1S/C13H24N4O/c1-5-7-14-12-10-13(16-11(3)15-12)17(6-2)8-9-18-4/h10H,5-9H2,1-4H3,(H,14,15,16). The normalized spacial score (nSPS) is 10.4. The molecule has 0 bridgehead atoms. The third kappa shape index (κ3) is 4.49. The van der Waals surface area contributed by atoms with Gasteiger partial charge < -0.3 is 15.0 Å². The number of hydrogen-bond donors (Lipinski definition) is 1. The van der Waals surface area contributed by atoms with Crippen molar-refractivity contribution in [2.45, 2.75) is 27.2 Å². The van der Waals surface area contributed by atoms with E-state index in [1.807, 2.05) is 13.0 Å². The first-order chi connectivity index (χ1) is 8.71. The van der Waals surface area contributed by atoms with Crippen LogP contribution in [-0.2, 0) is 4.74 Å². The average Bonchev–Trinajstić information content (AvgIpc) is 2.37. The molecule has 1 N–H and O–H groups in total. The highest BCUT2D eigenvalue weighted by molar-refractivity contribution is 5.49. The van der Waals surface area contributed by atoms with Crippen LogP contribution in [0.1, 0.15) is 26.1 Å². The number of hydrogen-bond acceptors (Lipinski definition) is 5. The zero-order valence-electron chi connectivity index (χ0n) is 11.9. The first kappa shape index (κ1) is 14.7. The number of ether oxygens (including phenoxy) is 1. The van der Waals surface area contributed by atoms with Gasteiger partial charge in [0.25, 0.3) is 0 Å². The fourth-order valence-electron chi connectivity index (χ4n) is 1.69. The van der Waals surface area contributed by atoms with Gasteiger partial charge in [0.05, 0.1) is 6.61 Å². The Morgan fingerprint density at radius 3 is 2.72 bits per heavy atom. The van der Waals surface area contributed by atoms with Crippen LogP contribution in [0.4, 0.5) is 11.6 Å². The Balaban J connectivity index is 2.81. The van der Waals surface area contributed by atoms with Crippen LogP contribution >= 0.6 is 0 Å². The summed E-state index contributed by atoms with van der Waals surface area (Å²) in [5, 5.41) is 3.30. The van der Waals surface area contributed by atoms with Gasteiger partial charge in [-0.25, -0.2) is 9.97 Å². The van der Waals surface area contributed by atoms with E-state index in [2.05, 4.69) is 34.0 Å². The predicted octanol–water partition coefficient (Wildman–Crippen LogP) is 2.08. The molecule has 0 radical (unpaired) electrons. The lowest BCUT2D eigenvalue weighted by atomic mass is 10.4. The lowest BCUT2D eigenvalue weighted by molar-refractivity contribution is 0.205. The van der Waals surface area contributed by atoms with Gasteiger partial charge in [0, 0.05) is 32.8 Å². The Morgan fingerprint density at radius 1 is 1.33 bits per heavy atom. The summed E-state index contributed by atoms with van der Waals surface area (Å²) >= 11 is 0. The van der Waals surface area contributed by atoms with Gasteiger partial charge in [-0.05, 0) is 20.3 Å². The van der Waals surface area contributed by atoms with Crippen LogP contribution in [0.25, 0.3) is 0 Å². The van der Waals surface area contributed by atoms with Crippen LogP contribution in [0.3, 0.4) is 0 Å². The molecule has 0 spiro atoms. The summed E-state index contributed by atoms with van der Waals surface area (Å²) in [5.74, 6) is 2.65. The van der Waals surface area contributed by atoms with Crippen molar-refractivity contribution in [1.29, 1.82) is 0 Å². The quantitative estimate of drug-likeness (QED) is 0.767. The van der Waals surface area contributed by atoms with Crippen molar-refractivity contribution in [2.75, 3.05) is 43.6 Å². The molecule has 18 heavy (non-hydrogen) atoms. The van der Waals surface area contributed by atoms with Crippen LogP contribution in [-0.4, -0.2) is 43.3 Å². The Kier molecular flexibility index (Phi) is 6.43. The van der Waals surface area contributed by atoms with Gasteiger partial charge in [-0.2, -0.15) is 0 Å². The van der Waals surface area contributed by atoms with Gasteiger partial charge in [-0.3, -0.25) is 0 Å². The van der Waals surface area contributed by atoms with E-state index >= 15 is 0 Å². The molecule has 1 aromatic rings. The van der Waals surface area contributed by atoms with Crippen LogP contribution in [0.5, 0.6) is 0 Å². The number of aryl methyl sites for hydroxylation is 1. The minimum Gasteiger partial charge on any atom is -0.383 e. The third-order valence-corrected chi connectivity index (χ3v) is 2.65. The summed E-state index contributed by atoms with van der Waals surface area (Å²) in [5.41, 5.74) is 0. The number of nitrogens with zero attached hydrogens (tertiary/aromatic N) is 3. The van der Waals surface area contributed by atoms with E-state index in [0.717, 1.165) is 43.5 Å². The molecule has 0 atom stereocenters. The lowest BCUT2D eigenvalue weighted by Crippen LogP contribution is -2.28. The second-order valence-electron chi connectivity index (χ2n) is 4.16. The Morgan fingerprint density at radius 2 is 2.11 bits per heavy atom. The van der Waals surface area contributed by atoms with Crippen molar-refractivity contribution >= 4 is 11.6 Å². The summed E-state index contributed by atoms with van der Waals surface area (Å²) in [4.78, 5) is 11.1. The molecular formula is C13H24N4O. The molecule has 0 fully saturated rings. The average molecular weight is 252 g/mol. The molecule has 0 amide bonds. The van der Waals surface area contributed by atoms with Gasteiger partial charge in [-0.15, -0.1) is 0 Å². The second kappa shape index (κ2) is 7.87. The summed E-state index contributed by atoms with van der Waals surface area (Å²) < 4.78 is 5.12. The number of anilines is 2. The van der Waals surface area contributed by atoms with Gasteiger partial charge in [0.1, 0.15) is 17.5 Å². The van der Waals surface area contributed by atoms with E-state index in [-0.39, 0.29) is 0 Å². The first-order valence-electron chi connectivity index (χ1n) is 6.54. The molecule has 1 heterocycles. The van der Waals surface area contributed by atoms with Gasteiger partial charge in [0.15, 0.2) is 0 Å². The summed E-state index contributed by atoms with van der Waals surface area (Å²) in [6.07, 6.45) is 1.08. The van der Waals surface area contributed by atoms with Crippen molar-refractivity contribution in [1.82, 2.24) is 9.97 Å². The van der Waals surface area contributed by atoms with Gasteiger partial charge in [0.2, 0.25) is 0 Å². The van der Waals surface area contributed by atoms with Crippen molar-refractivity contribution in [3.05, 3.63) is 11.9 Å². The summed E-state index contributed by atoms with van der Waals surface area (Å²) in [6, 6.07) is 2.00. The molecular weight excluding hydrogens is 228 g/mol. The highest BCUT2D eigenvalue weighted by atomic mass is 16.5. The monoisotopic (exact) mass is 252 g/mol. The number of methoxy groups -OCH3 is 1. The van der Waals surface area contributed by atoms with Gasteiger partial charge in [-0.1, -0.05) is 6.92 Å². The van der Waals surface area contributed by atoms with Crippen molar-refractivity contribution in [2.24, 2.45) is 0 Å². The summed E-state index contributed by atoms with van der Waals surface area (Å²) in [7, 11) is 1.72. The highest BCUT2D eigenvalue weighted by Gasteiger charge is 2.08. The van der Waals surface area contributed by atoms with Crippen LogP contribution in [0.2, 0.25) is 0 Å². The predicted molar refractivity (Wildman–Crippen MR) is 75.3 cm³/mol. The zero-order chi connectivity index (χ0) is 13.4. The maximum Gasteiger partial charge on any atom is 0.134 e. The molecule has 5 nitrogen and oxygen atoms in total. The fraction of sp³-hybridized carbons (Fsp3) is 0.692. The molecule has 0 aliphatic rings. The molecule has 1 aromatic heterocycles. The van der Waals surface area contributed by atoms with Crippen LogP contribution in [0.15, 0.2) is 6.07 Å². The molecule has 5 heteroatoms. The molecule has 0 unspecified atom stereocenters. The number of aromatic nitrogens is 2. The van der Waals surface area contributed by atoms with Crippen LogP contribution < -0.4 is 10.2 Å². The largest absolute Gasteiger partial charge is 0.383 e. The van der Waals surface area contributed by atoms with Gasteiger partial charge >= 0.3 is 0 Å². The van der Waals surface area contributed by atoms with E-state index in [1.165, 1.54) is 0 Å². The van der Waals surface area contributed by atoms with Crippen molar-refractivity contribution in [3.8, 4) is 0 Å². The minimum absolute atomic E-state index is 0.703. The van der Waals surface area contributed by atoms with E-state index in [9.17, 15) is 0 Å². The molecule has 0 aliphatic carbocycles. The SMILES string of the molecule is CCCNc1cc(N(CC)CCOC)nc(C)n1. The van der Waals surface area contributed by atoms with E-state index in [0.29, 0.717) is 6.61 Å². The summed E-state index contributed by atoms with van der Waals surface area (Å²) in [6.45, 7) is 9.56. The second-order valence-corrected chi connectivity index (χ2v) is 4.16. The molecule has 0 aliphatic heterocycles. The Hall–Kier alpha value is -1.36. The number of likely N-dealkylation sites (N-methyl/N-ethyl adjacent to an activating group) is 1. The smallest absolute Gasteiger partial charge is 0.134 e. The molecule has 0 saturated carbocycles. The zero-order valence-corrected chi connectivity index (χ0v) is 11.9. The van der Waals surface area contributed by atoms with Crippen molar-refractivity contribution < 1.29 is 4.74 Å². The Labute approximate surface area is 110 Å². The minimum atomic E-state index is 0.703. The van der Waals surface area contributed by atoms with E-state index in [1.54, 1.807) is 7.11 Å². The maximum atomic E-state index is 5.12. The maximum absolute atomic E-state index is 5.12. The van der Waals surface area contributed by atoms with E-state index < -0.39 is 0 Å². The molecule has 0 aromatic carbocycles. The number of rotatable bonds is 8. The van der Waals surface area contributed by atoms with Crippen LogP contribution in [0, 0.1) is 6.92 Å². The topological polar surface area (TPSA) is 50.3 Å². The molecule has 0 saturated heterocycles. The third-order valence-electron chi connectivity index (χ3n) is 2.65. The lowest BCUT2D eigenvalue weighted by Gasteiger charge is -2.22. The Bertz CT molecular complexity index is 357.